The molecule has 0 bridgehead atoms. The molecule has 0 aromatic heterocycles. The van der Waals surface area contributed by atoms with Gasteiger partial charge in [0.1, 0.15) is 13.2 Å². The molecule has 0 N–H and O–H groups in total. The number of allylic oxidation sites excluding steroid dienone is 20. The number of esters is 3. The van der Waals surface area contributed by atoms with E-state index in [9.17, 15) is 14.4 Å². The van der Waals surface area contributed by atoms with Crippen LogP contribution in [-0.4, -0.2) is 37.2 Å². The lowest BCUT2D eigenvalue weighted by Crippen LogP contribution is -2.30. The van der Waals surface area contributed by atoms with E-state index in [2.05, 4.69) is 136 Å². The number of ether oxygens (including phenoxy) is 3. The molecule has 0 fully saturated rings. The Morgan fingerprint density at radius 1 is 0.280 bits per heavy atom. The first-order valence-electron chi connectivity index (χ1n) is 31.0. The van der Waals surface area contributed by atoms with Gasteiger partial charge in [-0.05, 0) is 116 Å². The molecule has 1 unspecified atom stereocenters. The molecule has 0 amide bonds. The van der Waals surface area contributed by atoms with Crippen LogP contribution in [0.4, 0.5) is 0 Å². The number of hydrogen-bond acceptors (Lipinski definition) is 6. The minimum Gasteiger partial charge on any atom is -0.462 e. The standard InChI is InChI=1S/C69H114O6/c1-4-7-10-13-16-19-22-25-27-28-29-30-31-32-33-34-35-36-37-38-39-40-42-44-47-50-53-56-59-62-68(71)74-65-66(64-73-67(70)61-58-55-52-49-46-43-24-21-18-15-12-9-6-3)75-69(72)63-60-57-54-51-48-45-41-26-23-20-17-14-11-8-5-2/h8-9,11-12,17-18,20-22,25-26,28-29,31-32,41,43,46,52,55,66H,4-7,10,13-16,19,23-24,27,30,33-40,42,44-45,47-51,53-54,56-65H2,1-3H3/b11-8-,12-9-,20-17-,21-18-,25-22-,29-28-,32-31-,41-26-,46-43-,55-52-. The largest absolute Gasteiger partial charge is 0.462 e. The van der Waals surface area contributed by atoms with E-state index in [4.69, 9.17) is 14.2 Å². The number of rotatable bonds is 55. The monoisotopic (exact) mass is 1040 g/mol. The zero-order valence-electron chi connectivity index (χ0n) is 48.8. The summed E-state index contributed by atoms with van der Waals surface area (Å²) in [6.45, 7) is 6.33. The van der Waals surface area contributed by atoms with E-state index < -0.39 is 6.10 Å². The summed E-state index contributed by atoms with van der Waals surface area (Å²) in [4.78, 5) is 38.2. The molecule has 0 aromatic carbocycles. The van der Waals surface area contributed by atoms with Crippen molar-refractivity contribution in [3.8, 4) is 0 Å². The first kappa shape index (κ1) is 70.8. The van der Waals surface area contributed by atoms with Crippen LogP contribution in [0.1, 0.15) is 278 Å². The second-order valence-corrected chi connectivity index (χ2v) is 20.2. The van der Waals surface area contributed by atoms with E-state index in [-0.39, 0.29) is 37.5 Å². The average Bonchev–Trinajstić information content (AvgIpc) is 3.41. The Hall–Kier alpha value is -4.19. The van der Waals surface area contributed by atoms with Crippen LogP contribution in [-0.2, 0) is 28.6 Å². The number of carbonyl (C=O) groups is 3. The lowest BCUT2D eigenvalue weighted by molar-refractivity contribution is -0.166. The molecule has 0 radical (unpaired) electrons. The van der Waals surface area contributed by atoms with Crippen molar-refractivity contribution >= 4 is 17.9 Å². The summed E-state index contributed by atoms with van der Waals surface area (Å²) in [5.74, 6) is -1.01. The maximum Gasteiger partial charge on any atom is 0.306 e. The van der Waals surface area contributed by atoms with Gasteiger partial charge in [0.25, 0.3) is 0 Å². The normalized spacial score (nSPS) is 12.9. The average molecular weight is 1040 g/mol. The van der Waals surface area contributed by atoms with Gasteiger partial charge in [-0.1, -0.05) is 264 Å². The quantitative estimate of drug-likeness (QED) is 0.0261. The third kappa shape index (κ3) is 60.6. The van der Waals surface area contributed by atoms with E-state index in [1.807, 2.05) is 6.08 Å². The van der Waals surface area contributed by atoms with Gasteiger partial charge in [-0.15, -0.1) is 0 Å². The SMILES string of the molecule is CC/C=C\C/C=C\C/C=C\C/C=C\CCC(=O)OCC(COC(=O)CCCCCCCCCCCCCCCC/C=C\C/C=C\C/C=C\CCCCCCC)OC(=O)CCCCCCC/C=C\C/C=C\C/C=C\CC. The minimum atomic E-state index is -0.819. The number of carbonyl (C=O) groups excluding carboxylic acids is 3. The Labute approximate surface area is 462 Å². The summed E-state index contributed by atoms with van der Waals surface area (Å²) >= 11 is 0. The van der Waals surface area contributed by atoms with Crippen molar-refractivity contribution in [2.75, 3.05) is 13.2 Å². The molecule has 0 spiro atoms. The molecule has 0 rings (SSSR count). The highest BCUT2D eigenvalue weighted by atomic mass is 16.6. The van der Waals surface area contributed by atoms with Crippen molar-refractivity contribution in [3.05, 3.63) is 122 Å². The predicted molar refractivity (Wildman–Crippen MR) is 325 cm³/mol. The Bertz CT molecular complexity index is 1570. The van der Waals surface area contributed by atoms with E-state index >= 15 is 0 Å². The minimum absolute atomic E-state index is 0.109. The van der Waals surface area contributed by atoms with Gasteiger partial charge in [-0.3, -0.25) is 14.4 Å². The van der Waals surface area contributed by atoms with Crippen molar-refractivity contribution in [1.29, 1.82) is 0 Å². The fraction of sp³-hybridized carbons (Fsp3) is 0.667. The van der Waals surface area contributed by atoms with Gasteiger partial charge in [0.15, 0.2) is 6.10 Å². The van der Waals surface area contributed by atoms with E-state index in [0.29, 0.717) is 19.3 Å². The van der Waals surface area contributed by atoms with Crippen LogP contribution in [0.25, 0.3) is 0 Å². The van der Waals surface area contributed by atoms with Gasteiger partial charge < -0.3 is 14.2 Å². The Morgan fingerprint density at radius 3 is 0.893 bits per heavy atom. The van der Waals surface area contributed by atoms with Crippen LogP contribution in [0.3, 0.4) is 0 Å². The first-order valence-corrected chi connectivity index (χ1v) is 31.0. The molecule has 0 heterocycles. The van der Waals surface area contributed by atoms with Crippen molar-refractivity contribution in [3.63, 3.8) is 0 Å². The molecule has 6 heteroatoms. The van der Waals surface area contributed by atoms with Crippen LogP contribution >= 0.6 is 0 Å². The van der Waals surface area contributed by atoms with Crippen molar-refractivity contribution in [2.24, 2.45) is 0 Å². The number of hydrogen-bond donors (Lipinski definition) is 0. The van der Waals surface area contributed by atoms with Gasteiger partial charge in [-0.2, -0.15) is 0 Å². The lowest BCUT2D eigenvalue weighted by Gasteiger charge is -2.18. The Balaban J connectivity index is 4.29. The molecular formula is C69H114O6. The van der Waals surface area contributed by atoms with Crippen LogP contribution in [0.5, 0.6) is 0 Å². The van der Waals surface area contributed by atoms with Gasteiger partial charge >= 0.3 is 17.9 Å². The fourth-order valence-corrected chi connectivity index (χ4v) is 8.36. The maximum atomic E-state index is 12.8. The first-order chi connectivity index (χ1) is 37.0. The van der Waals surface area contributed by atoms with Crippen molar-refractivity contribution < 1.29 is 28.6 Å². The number of unbranched alkanes of at least 4 members (excludes halogenated alkanes) is 24. The van der Waals surface area contributed by atoms with Crippen LogP contribution < -0.4 is 0 Å². The molecule has 0 saturated carbocycles. The summed E-state index contributed by atoms with van der Waals surface area (Å²) in [6, 6.07) is 0. The Kier molecular flexibility index (Phi) is 58.9. The summed E-state index contributed by atoms with van der Waals surface area (Å²) in [7, 11) is 0. The molecule has 75 heavy (non-hydrogen) atoms. The van der Waals surface area contributed by atoms with Gasteiger partial charge in [-0.25, -0.2) is 0 Å². The molecule has 0 aromatic rings. The second-order valence-electron chi connectivity index (χ2n) is 20.2. The highest BCUT2D eigenvalue weighted by Crippen LogP contribution is 2.15. The third-order valence-electron chi connectivity index (χ3n) is 12.9. The third-order valence-corrected chi connectivity index (χ3v) is 12.9. The Morgan fingerprint density at radius 2 is 0.547 bits per heavy atom. The lowest BCUT2D eigenvalue weighted by atomic mass is 10.0. The molecule has 0 aliphatic rings. The highest BCUT2D eigenvalue weighted by Gasteiger charge is 2.19. The summed E-state index contributed by atoms with van der Waals surface area (Å²) in [5, 5.41) is 0. The molecule has 6 nitrogen and oxygen atoms in total. The van der Waals surface area contributed by atoms with E-state index in [1.165, 1.54) is 116 Å². The summed E-state index contributed by atoms with van der Waals surface area (Å²) < 4.78 is 16.8. The zero-order chi connectivity index (χ0) is 54.3. The van der Waals surface area contributed by atoms with Crippen LogP contribution in [0, 0.1) is 0 Å². The molecule has 0 aliphatic carbocycles. The molecule has 426 valence electrons. The molecular weight excluding hydrogens is 925 g/mol. The zero-order valence-corrected chi connectivity index (χ0v) is 48.8. The summed E-state index contributed by atoms with van der Waals surface area (Å²) in [6.07, 6.45) is 86.6. The maximum absolute atomic E-state index is 12.8. The van der Waals surface area contributed by atoms with Gasteiger partial charge in [0.2, 0.25) is 0 Å². The highest BCUT2D eigenvalue weighted by molar-refractivity contribution is 5.71. The van der Waals surface area contributed by atoms with Gasteiger partial charge in [0.05, 0.1) is 0 Å². The summed E-state index contributed by atoms with van der Waals surface area (Å²) in [5.41, 5.74) is 0. The van der Waals surface area contributed by atoms with Crippen molar-refractivity contribution in [1.82, 2.24) is 0 Å². The van der Waals surface area contributed by atoms with Gasteiger partial charge in [0, 0.05) is 19.3 Å². The van der Waals surface area contributed by atoms with Crippen LogP contribution in [0.15, 0.2) is 122 Å². The van der Waals surface area contributed by atoms with E-state index in [1.54, 1.807) is 0 Å². The van der Waals surface area contributed by atoms with Crippen LogP contribution in [0.2, 0.25) is 0 Å². The topological polar surface area (TPSA) is 78.9 Å². The fourth-order valence-electron chi connectivity index (χ4n) is 8.36. The predicted octanol–water partition coefficient (Wildman–Crippen LogP) is 21.2. The second kappa shape index (κ2) is 62.4. The molecule has 0 saturated heterocycles. The molecule has 0 aliphatic heterocycles. The molecule has 1 atom stereocenters. The van der Waals surface area contributed by atoms with Crippen molar-refractivity contribution in [2.45, 2.75) is 284 Å². The van der Waals surface area contributed by atoms with E-state index in [0.717, 1.165) is 116 Å². The smallest absolute Gasteiger partial charge is 0.306 e.